The lowest BCUT2D eigenvalue weighted by molar-refractivity contribution is 0.0714. The third-order valence-corrected chi connectivity index (χ3v) is 3.01. The zero-order chi connectivity index (χ0) is 12.8. The number of rotatable bonds is 6. The fourth-order valence-electron chi connectivity index (χ4n) is 1.55. The third kappa shape index (κ3) is 4.02. The number of methoxy groups -OCH3 is 1. The number of nitrogens with one attached hydrogen (secondary N) is 1. The molecule has 0 saturated heterocycles. The SMILES string of the molecule is CNC(C)c1ccc(OCC(C)OC)c(C)c1. The van der Waals surface area contributed by atoms with Gasteiger partial charge in [-0.3, -0.25) is 0 Å². The van der Waals surface area contributed by atoms with Crippen molar-refractivity contribution < 1.29 is 9.47 Å². The van der Waals surface area contributed by atoms with Crippen LogP contribution >= 0.6 is 0 Å². The molecular weight excluding hydrogens is 214 g/mol. The fourth-order valence-corrected chi connectivity index (χ4v) is 1.55. The average molecular weight is 237 g/mol. The van der Waals surface area contributed by atoms with Crippen LogP contribution in [0.15, 0.2) is 18.2 Å². The highest BCUT2D eigenvalue weighted by Gasteiger charge is 2.07. The van der Waals surface area contributed by atoms with Gasteiger partial charge in [0.2, 0.25) is 0 Å². The van der Waals surface area contributed by atoms with Gasteiger partial charge in [-0.2, -0.15) is 0 Å². The molecule has 0 radical (unpaired) electrons. The van der Waals surface area contributed by atoms with Crippen molar-refractivity contribution in [2.75, 3.05) is 20.8 Å². The second-order valence-electron chi connectivity index (χ2n) is 4.39. The van der Waals surface area contributed by atoms with Crippen molar-refractivity contribution in [2.45, 2.75) is 32.9 Å². The average Bonchev–Trinajstić information content (AvgIpc) is 2.35. The molecule has 0 aromatic heterocycles. The van der Waals surface area contributed by atoms with E-state index in [0.717, 1.165) is 11.3 Å². The Bertz CT molecular complexity index is 352. The van der Waals surface area contributed by atoms with Gasteiger partial charge in [-0.1, -0.05) is 12.1 Å². The normalized spacial score (nSPS) is 14.4. The largest absolute Gasteiger partial charge is 0.491 e. The Morgan fingerprint density at radius 2 is 2.00 bits per heavy atom. The van der Waals surface area contributed by atoms with Crippen LogP contribution in [0.2, 0.25) is 0 Å². The Labute approximate surface area is 104 Å². The van der Waals surface area contributed by atoms with Gasteiger partial charge in [-0.05, 0) is 45.0 Å². The number of ether oxygens (including phenoxy) is 2. The van der Waals surface area contributed by atoms with Gasteiger partial charge >= 0.3 is 0 Å². The molecule has 1 rings (SSSR count). The summed E-state index contributed by atoms with van der Waals surface area (Å²) >= 11 is 0. The number of benzene rings is 1. The van der Waals surface area contributed by atoms with E-state index in [1.165, 1.54) is 5.56 Å². The molecule has 0 bridgehead atoms. The predicted molar refractivity (Wildman–Crippen MR) is 70.6 cm³/mol. The quantitative estimate of drug-likeness (QED) is 0.825. The molecule has 0 fully saturated rings. The van der Waals surface area contributed by atoms with E-state index in [0.29, 0.717) is 12.6 Å². The zero-order valence-electron chi connectivity index (χ0n) is 11.4. The Kier molecular flexibility index (Phi) is 5.45. The second-order valence-corrected chi connectivity index (χ2v) is 4.39. The van der Waals surface area contributed by atoms with Gasteiger partial charge in [0, 0.05) is 13.2 Å². The van der Waals surface area contributed by atoms with Crippen molar-refractivity contribution >= 4 is 0 Å². The van der Waals surface area contributed by atoms with Crippen LogP contribution in [0.4, 0.5) is 0 Å². The monoisotopic (exact) mass is 237 g/mol. The molecule has 1 N–H and O–H groups in total. The van der Waals surface area contributed by atoms with Crippen LogP contribution in [0.3, 0.4) is 0 Å². The van der Waals surface area contributed by atoms with Crippen molar-refractivity contribution in [3.8, 4) is 5.75 Å². The first kappa shape index (κ1) is 14.0. The van der Waals surface area contributed by atoms with Crippen molar-refractivity contribution in [1.29, 1.82) is 0 Å². The molecule has 17 heavy (non-hydrogen) atoms. The molecule has 2 unspecified atom stereocenters. The summed E-state index contributed by atoms with van der Waals surface area (Å²) in [6.07, 6.45) is 0.116. The van der Waals surface area contributed by atoms with E-state index in [9.17, 15) is 0 Å². The molecule has 1 aromatic carbocycles. The summed E-state index contributed by atoms with van der Waals surface area (Å²) in [5, 5.41) is 3.23. The van der Waals surface area contributed by atoms with Crippen LogP contribution in [0, 0.1) is 6.92 Å². The van der Waals surface area contributed by atoms with Crippen LogP contribution in [-0.4, -0.2) is 26.9 Å². The summed E-state index contributed by atoms with van der Waals surface area (Å²) in [4.78, 5) is 0. The Morgan fingerprint density at radius 1 is 1.29 bits per heavy atom. The van der Waals surface area contributed by atoms with Crippen LogP contribution in [-0.2, 0) is 4.74 Å². The first-order valence-electron chi connectivity index (χ1n) is 6.02. The second kappa shape index (κ2) is 6.62. The molecule has 0 heterocycles. The highest BCUT2D eigenvalue weighted by atomic mass is 16.5. The lowest BCUT2D eigenvalue weighted by Gasteiger charge is -2.16. The molecule has 3 nitrogen and oxygen atoms in total. The van der Waals surface area contributed by atoms with Crippen molar-refractivity contribution in [2.24, 2.45) is 0 Å². The predicted octanol–water partition coefficient (Wildman–Crippen LogP) is 2.69. The van der Waals surface area contributed by atoms with E-state index in [1.807, 2.05) is 20.0 Å². The lowest BCUT2D eigenvalue weighted by Crippen LogP contribution is -2.16. The number of hydrogen-bond donors (Lipinski definition) is 1. The van der Waals surface area contributed by atoms with E-state index in [4.69, 9.17) is 9.47 Å². The molecule has 0 aliphatic carbocycles. The Balaban J connectivity index is 2.69. The Morgan fingerprint density at radius 3 is 2.53 bits per heavy atom. The van der Waals surface area contributed by atoms with Gasteiger partial charge in [0.05, 0.1) is 6.10 Å². The molecule has 0 aliphatic rings. The van der Waals surface area contributed by atoms with E-state index in [1.54, 1.807) is 7.11 Å². The summed E-state index contributed by atoms with van der Waals surface area (Å²) in [5.41, 5.74) is 2.44. The van der Waals surface area contributed by atoms with Gasteiger partial charge in [0.15, 0.2) is 0 Å². The molecule has 1 aromatic rings. The first-order chi connectivity index (χ1) is 8.08. The summed E-state index contributed by atoms with van der Waals surface area (Å²) < 4.78 is 10.9. The molecular formula is C14H23NO2. The first-order valence-corrected chi connectivity index (χ1v) is 6.02. The molecule has 0 saturated carbocycles. The summed E-state index contributed by atoms with van der Waals surface area (Å²) in [7, 11) is 3.66. The van der Waals surface area contributed by atoms with Gasteiger partial charge < -0.3 is 14.8 Å². The van der Waals surface area contributed by atoms with Gasteiger partial charge in [-0.15, -0.1) is 0 Å². The smallest absolute Gasteiger partial charge is 0.122 e. The molecule has 96 valence electrons. The molecule has 3 heteroatoms. The van der Waals surface area contributed by atoms with Crippen LogP contribution < -0.4 is 10.1 Å². The third-order valence-electron chi connectivity index (χ3n) is 3.01. The summed E-state index contributed by atoms with van der Waals surface area (Å²) in [5.74, 6) is 0.931. The maximum Gasteiger partial charge on any atom is 0.122 e. The maximum absolute atomic E-state index is 5.71. The van der Waals surface area contributed by atoms with E-state index in [2.05, 4.69) is 31.3 Å². The lowest BCUT2D eigenvalue weighted by atomic mass is 10.1. The highest BCUT2D eigenvalue weighted by molar-refractivity contribution is 5.37. The van der Waals surface area contributed by atoms with Crippen molar-refractivity contribution in [1.82, 2.24) is 5.32 Å². The van der Waals surface area contributed by atoms with Gasteiger partial charge in [-0.25, -0.2) is 0 Å². The van der Waals surface area contributed by atoms with E-state index >= 15 is 0 Å². The molecule has 0 aliphatic heterocycles. The Hall–Kier alpha value is -1.06. The minimum Gasteiger partial charge on any atom is -0.491 e. The van der Waals surface area contributed by atoms with E-state index < -0.39 is 0 Å². The van der Waals surface area contributed by atoms with E-state index in [-0.39, 0.29) is 6.10 Å². The zero-order valence-corrected chi connectivity index (χ0v) is 11.4. The van der Waals surface area contributed by atoms with Crippen molar-refractivity contribution in [3.63, 3.8) is 0 Å². The maximum atomic E-state index is 5.71. The minimum absolute atomic E-state index is 0.116. The molecule has 0 spiro atoms. The minimum atomic E-state index is 0.116. The number of aryl methyl sites for hydroxylation is 1. The van der Waals surface area contributed by atoms with Gasteiger partial charge in [0.25, 0.3) is 0 Å². The molecule has 0 amide bonds. The highest BCUT2D eigenvalue weighted by Crippen LogP contribution is 2.22. The number of hydrogen-bond acceptors (Lipinski definition) is 3. The fraction of sp³-hybridized carbons (Fsp3) is 0.571. The summed E-state index contributed by atoms with van der Waals surface area (Å²) in [6, 6.07) is 6.65. The molecule has 2 atom stereocenters. The van der Waals surface area contributed by atoms with Crippen LogP contribution in [0.1, 0.15) is 31.0 Å². The van der Waals surface area contributed by atoms with Crippen LogP contribution in [0.5, 0.6) is 5.75 Å². The summed E-state index contributed by atoms with van der Waals surface area (Å²) in [6.45, 7) is 6.78. The van der Waals surface area contributed by atoms with Crippen molar-refractivity contribution in [3.05, 3.63) is 29.3 Å². The topological polar surface area (TPSA) is 30.5 Å². The van der Waals surface area contributed by atoms with Crippen LogP contribution in [0.25, 0.3) is 0 Å². The van der Waals surface area contributed by atoms with Gasteiger partial charge in [0.1, 0.15) is 12.4 Å². The standard InChI is InChI=1S/C14H23NO2/c1-10-8-13(12(3)15-4)6-7-14(10)17-9-11(2)16-5/h6-8,11-12,15H,9H2,1-5H3.